The van der Waals surface area contributed by atoms with E-state index >= 15 is 0 Å². The highest BCUT2D eigenvalue weighted by molar-refractivity contribution is 5.36. The normalized spacial score (nSPS) is 16.5. The molecule has 1 fully saturated rings. The predicted molar refractivity (Wildman–Crippen MR) is 78.7 cm³/mol. The summed E-state index contributed by atoms with van der Waals surface area (Å²) in [5, 5.41) is 3.40. The number of rotatable bonds is 6. The molecule has 19 heavy (non-hydrogen) atoms. The zero-order chi connectivity index (χ0) is 14.0. The van der Waals surface area contributed by atoms with Gasteiger partial charge in [0, 0.05) is 26.6 Å². The topological polar surface area (TPSA) is 53.9 Å². The van der Waals surface area contributed by atoms with Gasteiger partial charge < -0.3 is 10.2 Å². The first-order chi connectivity index (χ1) is 8.96. The van der Waals surface area contributed by atoms with Crippen molar-refractivity contribution in [1.29, 1.82) is 0 Å². The Labute approximate surface area is 115 Å². The molecule has 1 heterocycles. The van der Waals surface area contributed by atoms with Crippen LogP contribution in [0.25, 0.3) is 0 Å². The fourth-order valence-corrected chi connectivity index (χ4v) is 2.02. The fraction of sp³-hybridized carbons (Fsp3) is 0.786. The maximum Gasteiger partial charge on any atom is 0.229 e. The average Bonchev–Trinajstić information content (AvgIpc) is 3.16. The molecule has 1 aliphatic rings. The van der Waals surface area contributed by atoms with Crippen molar-refractivity contribution in [2.45, 2.75) is 46.0 Å². The highest BCUT2D eigenvalue weighted by atomic mass is 15.3. The summed E-state index contributed by atoms with van der Waals surface area (Å²) in [6.07, 6.45) is 3.86. The third-order valence-electron chi connectivity index (χ3n) is 3.89. The first-order valence-electron chi connectivity index (χ1n) is 7.13. The Kier molecular flexibility index (Phi) is 3.92. The van der Waals surface area contributed by atoms with Crippen LogP contribution >= 0.6 is 0 Å². The molecule has 0 atom stereocenters. The zero-order valence-electron chi connectivity index (χ0n) is 12.7. The van der Waals surface area contributed by atoms with Crippen molar-refractivity contribution < 1.29 is 0 Å². The Morgan fingerprint density at radius 2 is 1.89 bits per heavy atom. The Balaban J connectivity index is 2.14. The summed E-state index contributed by atoms with van der Waals surface area (Å²) in [6, 6.07) is 0. The summed E-state index contributed by atoms with van der Waals surface area (Å²) in [4.78, 5) is 15.4. The maximum absolute atomic E-state index is 4.52. The van der Waals surface area contributed by atoms with Crippen LogP contribution < -0.4 is 10.2 Å². The lowest BCUT2D eigenvalue weighted by Gasteiger charge is -2.17. The standard InChI is InChI=1S/C14H25N5/c1-6-14(7-8-14)9-15-12-16-11(10(2)3)17-13(18-12)19(4)5/h10H,6-9H2,1-5H3,(H,15,16,17,18). The second-order valence-corrected chi connectivity index (χ2v) is 6.07. The summed E-state index contributed by atoms with van der Waals surface area (Å²) in [6.45, 7) is 7.44. The number of nitrogens with one attached hydrogen (secondary N) is 1. The fourth-order valence-electron chi connectivity index (χ4n) is 2.02. The van der Waals surface area contributed by atoms with Crippen molar-refractivity contribution in [3.8, 4) is 0 Å². The van der Waals surface area contributed by atoms with E-state index in [1.54, 1.807) is 0 Å². The van der Waals surface area contributed by atoms with Gasteiger partial charge in [-0.3, -0.25) is 0 Å². The van der Waals surface area contributed by atoms with Gasteiger partial charge in [-0.2, -0.15) is 15.0 Å². The van der Waals surface area contributed by atoms with Gasteiger partial charge in [0.25, 0.3) is 0 Å². The first kappa shape index (κ1) is 14.0. The minimum absolute atomic E-state index is 0.309. The van der Waals surface area contributed by atoms with Gasteiger partial charge in [-0.1, -0.05) is 20.8 Å². The third-order valence-corrected chi connectivity index (χ3v) is 3.89. The molecule has 0 saturated heterocycles. The molecule has 0 aliphatic heterocycles. The van der Waals surface area contributed by atoms with Crippen LogP contribution in [-0.2, 0) is 0 Å². The van der Waals surface area contributed by atoms with E-state index in [4.69, 9.17) is 0 Å². The van der Waals surface area contributed by atoms with Gasteiger partial charge in [-0.15, -0.1) is 0 Å². The van der Waals surface area contributed by atoms with E-state index in [9.17, 15) is 0 Å². The first-order valence-corrected chi connectivity index (χ1v) is 7.13. The van der Waals surface area contributed by atoms with Crippen molar-refractivity contribution in [2.75, 3.05) is 30.9 Å². The quantitative estimate of drug-likeness (QED) is 0.855. The van der Waals surface area contributed by atoms with Crippen LogP contribution in [0.4, 0.5) is 11.9 Å². The summed E-state index contributed by atoms with van der Waals surface area (Å²) in [5.74, 6) is 2.59. The molecule has 0 amide bonds. The molecular formula is C14H25N5. The summed E-state index contributed by atoms with van der Waals surface area (Å²) < 4.78 is 0. The lowest BCUT2D eigenvalue weighted by molar-refractivity contribution is 0.519. The van der Waals surface area contributed by atoms with Crippen molar-refractivity contribution in [2.24, 2.45) is 5.41 Å². The smallest absolute Gasteiger partial charge is 0.229 e. The number of hydrogen-bond donors (Lipinski definition) is 1. The van der Waals surface area contributed by atoms with Gasteiger partial charge in [0.1, 0.15) is 5.82 Å². The summed E-state index contributed by atoms with van der Waals surface area (Å²) in [7, 11) is 3.91. The van der Waals surface area contributed by atoms with E-state index < -0.39 is 0 Å². The molecule has 5 heteroatoms. The minimum atomic E-state index is 0.309. The SMILES string of the molecule is CCC1(CNc2nc(C(C)C)nc(N(C)C)n2)CC1. The van der Waals surface area contributed by atoms with E-state index in [0.29, 0.717) is 17.3 Å². The van der Waals surface area contributed by atoms with Gasteiger partial charge in [0.05, 0.1) is 0 Å². The van der Waals surface area contributed by atoms with Gasteiger partial charge in [0.2, 0.25) is 11.9 Å². The van der Waals surface area contributed by atoms with Crippen LogP contribution in [-0.4, -0.2) is 35.6 Å². The van der Waals surface area contributed by atoms with Gasteiger partial charge in [-0.25, -0.2) is 0 Å². The van der Waals surface area contributed by atoms with Crippen LogP contribution in [0.3, 0.4) is 0 Å². The van der Waals surface area contributed by atoms with E-state index in [1.807, 2.05) is 19.0 Å². The molecule has 0 bridgehead atoms. The summed E-state index contributed by atoms with van der Waals surface area (Å²) in [5.41, 5.74) is 0.489. The third kappa shape index (κ3) is 3.33. The minimum Gasteiger partial charge on any atom is -0.354 e. The van der Waals surface area contributed by atoms with E-state index in [0.717, 1.165) is 18.3 Å². The Hall–Kier alpha value is -1.39. The average molecular weight is 263 g/mol. The molecule has 0 spiro atoms. The van der Waals surface area contributed by atoms with Crippen molar-refractivity contribution in [1.82, 2.24) is 15.0 Å². The molecular weight excluding hydrogens is 238 g/mol. The van der Waals surface area contributed by atoms with E-state index in [-0.39, 0.29) is 0 Å². The Morgan fingerprint density at radius 3 is 2.37 bits per heavy atom. The van der Waals surface area contributed by atoms with Crippen LogP contribution in [0.15, 0.2) is 0 Å². The Morgan fingerprint density at radius 1 is 1.21 bits per heavy atom. The largest absolute Gasteiger partial charge is 0.354 e. The molecule has 0 unspecified atom stereocenters. The van der Waals surface area contributed by atoms with Gasteiger partial charge >= 0.3 is 0 Å². The lowest BCUT2D eigenvalue weighted by atomic mass is 10.0. The number of anilines is 2. The van der Waals surface area contributed by atoms with Crippen LogP contribution in [0, 0.1) is 5.41 Å². The van der Waals surface area contributed by atoms with E-state index in [2.05, 4.69) is 41.0 Å². The second kappa shape index (κ2) is 5.31. The molecule has 1 aliphatic carbocycles. The van der Waals surface area contributed by atoms with E-state index in [1.165, 1.54) is 19.3 Å². The lowest BCUT2D eigenvalue weighted by Crippen LogP contribution is -2.20. The number of aromatic nitrogens is 3. The molecule has 0 radical (unpaired) electrons. The zero-order valence-corrected chi connectivity index (χ0v) is 12.7. The van der Waals surface area contributed by atoms with Crippen LogP contribution in [0.2, 0.25) is 0 Å². The number of hydrogen-bond acceptors (Lipinski definition) is 5. The monoisotopic (exact) mass is 263 g/mol. The molecule has 1 aromatic heterocycles. The number of nitrogens with zero attached hydrogens (tertiary/aromatic N) is 4. The second-order valence-electron chi connectivity index (χ2n) is 6.07. The molecule has 5 nitrogen and oxygen atoms in total. The van der Waals surface area contributed by atoms with Gasteiger partial charge in [0.15, 0.2) is 0 Å². The molecule has 2 rings (SSSR count). The molecule has 1 N–H and O–H groups in total. The predicted octanol–water partition coefficient (Wildman–Crippen LogP) is 2.66. The van der Waals surface area contributed by atoms with Crippen molar-refractivity contribution >= 4 is 11.9 Å². The highest BCUT2D eigenvalue weighted by Crippen LogP contribution is 2.48. The molecule has 0 aromatic carbocycles. The van der Waals surface area contributed by atoms with Gasteiger partial charge in [-0.05, 0) is 24.7 Å². The molecule has 1 aromatic rings. The highest BCUT2D eigenvalue weighted by Gasteiger charge is 2.40. The van der Waals surface area contributed by atoms with Crippen molar-refractivity contribution in [3.05, 3.63) is 5.82 Å². The summed E-state index contributed by atoms with van der Waals surface area (Å²) >= 11 is 0. The molecule has 106 valence electrons. The van der Waals surface area contributed by atoms with Crippen LogP contribution in [0.1, 0.15) is 51.8 Å². The maximum atomic E-state index is 4.52. The Bertz CT molecular complexity index is 411. The van der Waals surface area contributed by atoms with Crippen LogP contribution in [0.5, 0.6) is 0 Å². The molecule has 1 saturated carbocycles. The van der Waals surface area contributed by atoms with Crippen molar-refractivity contribution in [3.63, 3.8) is 0 Å².